The first-order valence-corrected chi connectivity index (χ1v) is 14.2. The maximum Gasteiger partial charge on any atom is 0.305 e. The summed E-state index contributed by atoms with van der Waals surface area (Å²) in [5.74, 6) is -2.00. The van der Waals surface area contributed by atoms with E-state index in [0.717, 1.165) is 5.56 Å². The van der Waals surface area contributed by atoms with Crippen LogP contribution in [-0.2, 0) is 11.3 Å². The van der Waals surface area contributed by atoms with Gasteiger partial charge >= 0.3 is 5.97 Å². The third-order valence-corrected chi connectivity index (χ3v) is 7.36. The molecule has 1 heterocycles. The Morgan fingerprint density at radius 3 is 2.21 bits per heavy atom. The van der Waals surface area contributed by atoms with Crippen molar-refractivity contribution in [1.82, 2.24) is 4.57 Å². The molecule has 9 heteroatoms. The van der Waals surface area contributed by atoms with Crippen LogP contribution in [0.15, 0.2) is 72.8 Å². The largest absolute Gasteiger partial charge is 0.508 e. The second-order valence-electron chi connectivity index (χ2n) is 11.0. The van der Waals surface area contributed by atoms with Crippen molar-refractivity contribution in [2.75, 3.05) is 5.32 Å². The maximum absolute atomic E-state index is 14.2. The van der Waals surface area contributed by atoms with Gasteiger partial charge in [0.25, 0.3) is 5.91 Å². The van der Waals surface area contributed by atoms with Crippen LogP contribution in [-0.4, -0.2) is 49.1 Å². The van der Waals surface area contributed by atoms with Crippen LogP contribution in [0.3, 0.4) is 0 Å². The predicted octanol–water partition coefficient (Wildman–Crippen LogP) is 6.33. The smallest absolute Gasteiger partial charge is 0.305 e. The fourth-order valence-corrected chi connectivity index (χ4v) is 5.46. The van der Waals surface area contributed by atoms with E-state index in [1.165, 1.54) is 18.2 Å². The van der Waals surface area contributed by atoms with Crippen molar-refractivity contribution in [2.24, 2.45) is 0 Å². The van der Waals surface area contributed by atoms with Crippen LogP contribution >= 0.6 is 0 Å². The van der Waals surface area contributed by atoms with E-state index in [1.807, 2.05) is 48.7 Å². The highest BCUT2D eigenvalue weighted by Gasteiger charge is 2.31. The molecule has 0 radical (unpaired) electrons. The molecule has 0 bridgehead atoms. The van der Waals surface area contributed by atoms with E-state index < -0.39 is 30.4 Å². The van der Waals surface area contributed by atoms with Gasteiger partial charge in [-0.25, -0.2) is 4.39 Å². The van der Waals surface area contributed by atoms with Crippen LogP contribution in [0.1, 0.15) is 60.6 Å². The number of aliphatic carboxylic acids is 1. The van der Waals surface area contributed by atoms with Crippen LogP contribution in [0.25, 0.3) is 22.4 Å². The number of nitrogens with one attached hydrogen (secondary N) is 1. The first kappa shape index (κ1) is 31.5. The Bertz CT molecular complexity index is 1580. The molecule has 1 amide bonds. The number of benzene rings is 3. The molecule has 0 aliphatic heterocycles. The van der Waals surface area contributed by atoms with E-state index >= 15 is 0 Å². The lowest BCUT2D eigenvalue weighted by Crippen LogP contribution is -2.22. The Labute approximate surface area is 250 Å². The zero-order valence-electron chi connectivity index (χ0n) is 24.4. The minimum atomic E-state index is -1.20. The van der Waals surface area contributed by atoms with E-state index in [4.69, 9.17) is 5.11 Å². The molecule has 3 aromatic carbocycles. The molecule has 0 fully saturated rings. The predicted molar refractivity (Wildman–Crippen MR) is 164 cm³/mol. The van der Waals surface area contributed by atoms with Crippen molar-refractivity contribution in [2.45, 2.75) is 64.7 Å². The van der Waals surface area contributed by atoms with Gasteiger partial charge in [0.15, 0.2) is 0 Å². The molecule has 43 heavy (non-hydrogen) atoms. The van der Waals surface area contributed by atoms with Crippen LogP contribution < -0.4 is 5.32 Å². The number of carbonyl (C=O) groups is 2. The van der Waals surface area contributed by atoms with Gasteiger partial charge in [0.1, 0.15) is 11.6 Å². The number of aromatic hydroxyl groups is 1. The highest BCUT2D eigenvalue weighted by molar-refractivity contribution is 6.12. The van der Waals surface area contributed by atoms with Crippen molar-refractivity contribution in [3.63, 3.8) is 0 Å². The second kappa shape index (κ2) is 13.7. The Balaban J connectivity index is 1.91. The lowest BCUT2D eigenvalue weighted by Gasteiger charge is -2.20. The van der Waals surface area contributed by atoms with E-state index in [0.29, 0.717) is 39.3 Å². The number of nitrogens with zero attached hydrogens (tertiary/aromatic N) is 1. The molecule has 0 aliphatic carbocycles. The summed E-state index contributed by atoms with van der Waals surface area (Å²) in [5, 5.41) is 42.7. The third kappa shape index (κ3) is 7.49. The molecule has 2 unspecified atom stereocenters. The minimum Gasteiger partial charge on any atom is -0.508 e. The summed E-state index contributed by atoms with van der Waals surface area (Å²) in [7, 11) is 0. The summed E-state index contributed by atoms with van der Waals surface area (Å²) in [6.45, 7) is 5.95. The fourth-order valence-electron chi connectivity index (χ4n) is 5.46. The van der Waals surface area contributed by atoms with Crippen molar-refractivity contribution in [3.05, 3.63) is 95.4 Å². The molecular weight excluding hydrogens is 551 g/mol. The molecule has 0 spiro atoms. The molecule has 1 aromatic heterocycles. The van der Waals surface area contributed by atoms with Gasteiger partial charge < -0.3 is 30.3 Å². The van der Waals surface area contributed by atoms with Gasteiger partial charge in [0.05, 0.1) is 29.9 Å². The Hall–Kier alpha value is -4.47. The number of phenols is 1. The van der Waals surface area contributed by atoms with Crippen LogP contribution in [0.4, 0.5) is 10.1 Å². The van der Waals surface area contributed by atoms with Gasteiger partial charge in [0, 0.05) is 23.5 Å². The van der Waals surface area contributed by atoms with Gasteiger partial charge in [-0.15, -0.1) is 0 Å². The number of aryl methyl sites for hydroxylation is 1. The van der Waals surface area contributed by atoms with Gasteiger partial charge in [-0.2, -0.15) is 0 Å². The average molecular weight is 589 g/mol. The van der Waals surface area contributed by atoms with E-state index in [9.17, 15) is 29.3 Å². The third-order valence-electron chi connectivity index (χ3n) is 7.36. The lowest BCUT2D eigenvalue weighted by atomic mass is 9.94. The minimum absolute atomic E-state index is 0.0834. The van der Waals surface area contributed by atoms with Crippen LogP contribution in [0.2, 0.25) is 0 Å². The number of hydrogen-bond donors (Lipinski definition) is 5. The molecule has 4 rings (SSSR count). The number of aliphatic hydroxyl groups excluding tert-OH is 2. The number of aliphatic hydroxyl groups is 2. The molecule has 0 saturated heterocycles. The number of carbonyl (C=O) groups excluding carboxylic acids is 1. The Morgan fingerprint density at radius 2 is 1.60 bits per heavy atom. The number of aromatic nitrogens is 1. The lowest BCUT2D eigenvalue weighted by molar-refractivity contribution is -0.139. The number of phenolic OH excluding ortho intramolecular Hbond substituents is 1. The number of amides is 1. The molecule has 0 saturated carbocycles. The van der Waals surface area contributed by atoms with Gasteiger partial charge in [0.2, 0.25) is 0 Å². The molecular formula is C34H37FN2O6. The summed E-state index contributed by atoms with van der Waals surface area (Å²) in [4.78, 5) is 25.2. The van der Waals surface area contributed by atoms with Crippen molar-refractivity contribution < 1.29 is 34.4 Å². The van der Waals surface area contributed by atoms with Crippen molar-refractivity contribution in [1.29, 1.82) is 0 Å². The zero-order valence-corrected chi connectivity index (χ0v) is 24.4. The number of rotatable bonds is 12. The van der Waals surface area contributed by atoms with Gasteiger partial charge in [-0.05, 0) is 84.8 Å². The van der Waals surface area contributed by atoms with Gasteiger partial charge in [-0.3, -0.25) is 9.59 Å². The average Bonchev–Trinajstić information content (AvgIpc) is 3.29. The topological polar surface area (TPSA) is 132 Å². The standard InChI is InChI=1S/C34H37FN2O6/c1-20(2)32-31(34(43)36-28-14-13-25(38)17-21(28)3)30(22-7-5-4-6-8-22)33(23-9-11-24(35)12-10-23)37(32)16-15-26(39)18-27(40)19-29(41)42/h4-14,17,20,26-27,38-40H,15-16,18-19H2,1-3H3,(H,36,43)(H,41,42). The molecule has 0 aliphatic rings. The Kier molecular flexibility index (Phi) is 10.0. The van der Waals surface area contributed by atoms with Crippen LogP contribution in [0, 0.1) is 12.7 Å². The summed E-state index contributed by atoms with van der Waals surface area (Å²) in [5.41, 5.74) is 5.09. The summed E-state index contributed by atoms with van der Waals surface area (Å²) in [6.07, 6.45) is -2.62. The van der Waals surface area contributed by atoms with Crippen molar-refractivity contribution in [3.8, 4) is 28.1 Å². The zero-order chi connectivity index (χ0) is 31.3. The fraction of sp³-hybridized carbons (Fsp3) is 0.294. The summed E-state index contributed by atoms with van der Waals surface area (Å²) < 4.78 is 16.0. The van der Waals surface area contributed by atoms with Crippen LogP contribution in [0.5, 0.6) is 5.75 Å². The number of carboxylic acids is 1. The molecule has 8 nitrogen and oxygen atoms in total. The van der Waals surface area contributed by atoms with E-state index in [-0.39, 0.29) is 37.0 Å². The summed E-state index contributed by atoms with van der Waals surface area (Å²) in [6, 6.07) is 20.1. The molecule has 5 N–H and O–H groups in total. The maximum atomic E-state index is 14.2. The normalized spacial score (nSPS) is 12.7. The summed E-state index contributed by atoms with van der Waals surface area (Å²) >= 11 is 0. The SMILES string of the molecule is Cc1cc(O)ccc1NC(=O)c1c(-c2ccccc2)c(-c2ccc(F)cc2)n(CCC(O)CC(O)CC(=O)O)c1C(C)C. The number of hydrogen-bond acceptors (Lipinski definition) is 5. The quantitative estimate of drug-likeness (QED) is 0.123. The number of anilines is 1. The van der Waals surface area contributed by atoms with E-state index in [2.05, 4.69) is 5.32 Å². The highest BCUT2D eigenvalue weighted by Crippen LogP contribution is 2.43. The van der Waals surface area contributed by atoms with Gasteiger partial charge in [-0.1, -0.05) is 44.2 Å². The Morgan fingerprint density at radius 1 is 0.930 bits per heavy atom. The first-order chi connectivity index (χ1) is 20.5. The number of carboxylic acid groups (broad SMARTS) is 1. The first-order valence-electron chi connectivity index (χ1n) is 14.2. The second-order valence-corrected chi connectivity index (χ2v) is 11.0. The molecule has 4 aromatic rings. The monoisotopic (exact) mass is 588 g/mol. The molecule has 2 atom stereocenters. The van der Waals surface area contributed by atoms with Crippen molar-refractivity contribution >= 4 is 17.6 Å². The highest BCUT2D eigenvalue weighted by atomic mass is 19.1. The van der Waals surface area contributed by atoms with E-state index in [1.54, 1.807) is 31.2 Å². The molecule has 226 valence electrons. The number of halogens is 1.